The molecule has 1 aromatic heterocycles. The molecule has 1 aliphatic rings. The molecule has 0 spiro atoms. The fourth-order valence-corrected chi connectivity index (χ4v) is 3.27. The third-order valence-electron chi connectivity index (χ3n) is 4.87. The van der Waals surface area contributed by atoms with Crippen LogP contribution in [-0.4, -0.2) is 33.4 Å². The van der Waals surface area contributed by atoms with Crippen molar-refractivity contribution in [1.82, 2.24) is 20.2 Å². The minimum atomic E-state index is -4.36. The van der Waals surface area contributed by atoms with Crippen molar-refractivity contribution < 1.29 is 17.9 Å². The molecule has 1 fully saturated rings. The molecule has 9 heteroatoms. The molecule has 29 heavy (non-hydrogen) atoms. The van der Waals surface area contributed by atoms with Crippen molar-refractivity contribution in [1.29, 1.82) is 0 Å². The Hall–Kier alpha value is -2.94. The molecule has 0 radical (unpaired) electrons. The van der Waals surface area contributed by atoms with Crippen molar-refractivity contribution in [3.8, 4) is 11.4 Å². The Bertz CT molecular complexity index is 949. The van der Waals surface area contributed by atoms with Gasteiger partial charge in [-0.15, -0.1) is 10.2 Å². The number of nitrogens with zero attached hydrogens (tertiary/aromatic N) is 4. The zero-order valence-electron chi connectivity index (χ0n) is 15.6. The average molecular weight is 403 g/mol. The van der Waals surface area contributed by atoms with Crippen molar-refractivity contribution in [2.24, 2.45) is 5.92 Å². The summed E-state index contributed by atoms with van der Waals surface area (Å²) in [7, 11) is 0. The molecule has 2 heterocycles. The summed E-state index contributed by atoms with van der Waals surface area (Å²) in [5, 5.41) is 15.9. The molecule has 0 atom stereocenters. The number of aromatic nitrogens is 4. The molecule has 0 aliphatic carbocycles. The van der Waals surface area contributed by atoms with E-state index in [2.05, 4.69) is 20.7 Å². The summed E-state index contributed by atoms with van der Waals surface area (Å²) >= 11 is 0. The summed E-state index contributed by atoms with van der Waals surface area (Å²) in [5.41, 5.74) is 1.28. The first kappa shape index (κ1) is 19.4. The van der Waals surface area contributed by atoms with Gasteiger partial charge in [0.15, 0.2) is 0 Å². The number of benzene rings is 2. The van der Waals surface area contributed by atoms with Crippen LogP contribution in [0.25, 0.3) is 11.4 Å². The number of anilines is 2. The van der Waals surface area contributed by atoms with Crippen LogP contribution in [0, 0.1) is 5.92 Å². The van der Waals surface area contributed by atoms with Crippen LogP contribution in [0.15, 0.2) is 48.5 Å². The van der Waals surface area contributed by atoms with Crippen LogP contribution < -0.4 is 5.32 Å². The zero-order chi connectivity index (χ0) is 20.3. The lowest BCUT2D eigenvalue weighted by molar-refractivity contribution is -0.137. The summed E-state index contributed by atoms with van der Waals surface area (Å²) in [6, 6.07) is 12.3. The first-order valence-corrected chi connectivity index (χ1v) is 9.38. The van der Waals surface area contributed by atoms with Crippen LogP contribution in [0.2, 0.25) is 0 Å². The van der Waals surface area contributed by atoms with Gasteiger partial charge in [-0.3, -0.25) is 0 Å². The number of nitrogens with one attached hydrogen (secondary N) is 1. The number of hydrogen-bond donors (Lipinski definition) is 1. The van der Waals surface area contributed by atoms with Crippen molar-refractivity contribution in [2.45, 2.75) is 25.6 Å². The number of ether oxygens (including phenoxy) is 1. The van der Waals surface area contributed by atoms with Crippen molar-refractivity contribution in [3.05, 3.63) is 54.1 Å². The van der Waals surface area contributed by atoms with E-state index in [0.29, 0.717) is 29.7 Å². The van der Waals surface area contributed by atoms with Gasteiger partial charge >= 0.3 is 6.18 Å². The number of halogens is 3. The van der Waals surface area contributed by atoms with Crippen LogP contribution in [0.1, 0.15) is 18.4 Å². The van der Waals surface area contributed by atoms with Gasteiger partial charge in [-0.2, -0.15) is 18.0 Å². The maximum atomic E-state index is 12.7. The monoisotopic (exact) mass is 403 g/mol. The lowest BCUT2D eigenvalue weighted by Gasteiger charge is -2.20. The van der Waals surface area contributed by atoms with Gasteiger partial charge in [-0.1, -0.05) is 12.1 Å². The van der Waals surface area contributed by atoms with Gasteiger partial charge in [0.05, 0.1) is 12.1 Å². The number of alkyl halides is 3. The third-order valence-corrected chi connectivity index (χ3v) is 4.87. The van der Waals surface area contributed by atoms with E-state index >= 15 is 0 Å². The van der Waals surface area contributed by atoms with Crippen molar-refractivity contribution in [3.63, 3.8) is 0 Å². The molecule has 1 N–H and O–H groups in total. The highest BCUT2D eigenvalue weighted by Crippen LogP contribution is 2.32. The van der Waals surface area contributed by atoms with E-state index in [4.69, 9.17) is 4.74 Å². The molecule has 1 saturated heterocycles. The van der Waals surface area contributed by atoms with E-state index in [-0.39, 0.29) is 0 Å². The first-order valence-electron chi connectivity index (χ1n) is 9.38. The van der Waals surface area contributed by atoms with E-state index in [1.807, 2.05) is 24.3 Å². The van der Waals surface area contributed by atoms with Gasteiger partial charge in [0.25, 0.3) is 0 Å². The van der Waals surface area contributed by atoms with E-state index in [1.165, 1.54) is 12.1 Å². The van der Waals surface area contributed by atoms with Crippen molar-refractivity contribution in [2.75, 3.05) is 18.5 Å². The SMILES string of the molecule is FC(F)(F)c1ccc(Nc2ccccc2-c2nnn(CC3CCOCC3)n2)cc1. The van der Waals surface area contributed by atoms with E-state index in [1.54, 1.807) is 4.80 Å². The first-order chi connectivity index (χ1) is 14.0. The van der Waals surface area contributed by atoms with Crippen LogP contribution in [0.3, 0.4) is 0 Å². The molecule has 152 valence electrons. The summed E-state index contributed by atoms with van der Waals surface area (Å²) in [5.74, 6) is 0.929. The predicted octanol–water partition coefficient (Wildman–Crippen LogP) is 4.53. The normalized spacial score (nSPS) is 15.4. The molecule has 0 saturated carbocycles. The highest BCUT2D eigenvalue weighted by molar-refractivity contribution is 5.77. The van der Waals surface area contributed by atoms with Crippen molar-refractivity contribution >= 4 is 11.4 Å². The number of para-hydroxylation sites is 1. The van der Waals surface area contributed by atoms with Crippen LogP contribution in [0.4, 0.5) is 24.5 Å². The standard InChI is InChI=1S/C20H20F3N5O/c21-20(22,23)15-5-7-16(8-6-15)24-18-4-2-1-3-17(18)19-25-27-28(26-19)13-14-9-11-29-12-10-14/h1-8,14,24H,9-13H2. The zero-order valence-corrected chi connectivity index (χ0v) is 15.6. The second-order valence-corrected chi connectivity index (χ2v) is 6.97. The fraction of sp³-hybridized carbons (Fsp3) is 0.350. The lowest BCUT2D eigenvalue weighted by Crippen LogP contribution is -2.21. The Morgan fingerprint density at radius 1 is 1.03 bits per heavy atom. The Morgan fingerprint density at radius 2 is 1.76 bits per heavy atom. The molecule has 2 aromatic carbocycles. The smallest absolute Gasteiger partial charge is 0.381 e. The number of rotatable bonds is 5. The minimum Gasteiger partial charge on any atom is -0.381 e. The van der Waals surface area contributed by atoms with E-state index in [9.17, 15) is 13.2 Å². The molecule has 0 amide bonds. The highest BCUT2D eigenvalue weighted by Gasteiger charge is 2.30. The molecule has 6 nitrogen and oxygen atoms in total. The predicted molar refractivity (Wildman–Crippen MR) is 102 cm³/mol. The minimum absolute atomic E-state index is 0.464. The Labute approximate surface area is 165 Å². The molecule has 4 rings (SSSR count). The van der Waals surface area contributed by atoms with Crippen LogP contribution in [-0.2, 0) is 17.5 Å². The van der Waals surface area contributed by atoms with Crippen LogP contribution >= 0.6 is 0 Å². The summed E-state index contributed by atoms with van der Waals surface area (Å²) in [4.78, 5) is 1.60. The van der Waals surface area contributed by atoms with Gasteiger partial charge in [0, 0.05) is 30.2 Å². The molecular formula is C20H20F3N5O. The average Bonchev–Trinajstić information content (AvgIpc) is 3.17. The largest absolute Gasteiger partial charge is 0.416 e. The Kier molecular flexibility index (Phi) is 5.48. The molecule has 1 aliphatic heterocycles. The van der Waals surface area contributed by atoms with Gasteiger partial charge in [-0.05, 0) is 60.4 Å². The molecule has 3 aromatic rings. The molecule has 0 unspecified atom stereocenters. The van der Waals surface area contributed by atoms with Gasteiger partial charge in [0.1, 0.15) is 0 Å². The summed E-state index contributed by atoms with van der Waals surface area (Å²) in [6.45, 7) is 2.20. The van der Waals surface area contributed by atoms with E-state index < -0.39 is 11.7 Å². The lowest BCUT2D eigenvalue weighted by atomic mass is 10.0. The van der Waals surface area contributed by atoms with Gasteiger partial charge in [0.2, 0.25) is 5.82 Å². The fourth-order valence-electron chi connectivity index (χ4n) is 3.27. The maximum absolute atomic E-state index is 12.7. The highest BCUT2D eigenvalue weighted by atomic mass is 19.4. The maximum Gasteiger partial charge on any atom is 0.416 e. The Balaban J connectivity index is 1.51. The summed E-state index contributed by atoms with van der Waals surface area (Å²) in [6.07, 6.45) is -2.41. The van der Waals surface area contributed by atoms with Crippen LogP contribution in [0.5, 0.6) is 0 Å². The quantitative estimate of drug-likeness (QED) is 0.678. The van der Waals surface area contributed by atoms with Gasteiger partial charge < -0.3 is 10.1 Å². The molecular weight excluding hydrogens is 383 g/mol. The second kappa shape index (κ2) is 8.20. The topological polar surface area (TPSA) is 64.9 Å². The molecule has 0 bridgehead atoms. The Morgan fingerprint density at radius 3 is 2.48 bits per heavy atom. The third kappa shape index (κ3) is 4.73. The number of hydrogen-bond acceptors (Lipinski definition) is 5. The second-order valence-electron chi connectivity index (χ2n) is 6.97. The van der Waals surface area contributed by atoms with E-state index in [0.717, 1.165) is 43.8 Å². The summed E-state index contributed by atoms with van der Waals surface area (Å²) < 4.78 is 43.6. The number of tetrazole rings is 1. The van der Waals surface area contributed by atoms with Gasteiger partial charge in [-0.25, -0.2) is 0 Å².